The van der Waals surface area contributed by atoms with Gasteiger partial charge < -0.3 is 19.7 Å². The molecule has 148 valence electrons. The molecule has 4 rings (SSSR count). The van der Waals surface area contributed by atoms with Crippen molar-refractivity contribution >= 4 is 12.2 Å². The lowest BCUT2D eigenvalue weighted by Crippen LogP contribution is -2.09. The van der Waals surface area contributed by atoms with Crippen LogP contribution >= 0.6 is 0 Å². The Morgan fingerprint density at radius 2 is 1.76 bits per heavy atom. The molecule has 0 atom stereocenters. The summed E-state index contributed by atoms with van der Waals surface area (Å²) in [4.78, 5) is 10.2. The van der Waals surface area contributed by atoms with Crippen molar-refractivity contribution < 1.29 is 4.74 Å². The maximum atomic E-state index is 6.16. The minimum absolute atomic E-state index is 0.532. The SMILES string of the molecule is CCCCC=c1ccc(=Cc2[nH]c(-c3ccc[nH]3)cc2OCc2ccccc2)[nH]1. The summed E-state index contributed by atoms with van der Waals surface area (Å²) in [6.45, 7) is 2.75. The average molecular weight is 386 g/mol. The number of ether oxygens (including phenoxy) is 1. The van der Waals surface area contributed by atoms with Crippen LogP contribution in [0.15, 0.2) is 66.9 Å². The van der Waals surface area contributed by atoms with E-state index < -0.39 is 0 Å². The molecule has 0 aliphatic heterocycles. The van der Waals surface area contributed by atoms with Crippen LogP contribution in [0, 0.1) is 0 Å². The van der Waals surface area contributed by atoms with Crippen molar-refractivity contribution in [3.63, 3.8) is 0 Å². The monoisotopic (exact) mass is 385 g/mol. The van der Waals surface area contributed by atoms with E-state index >= 15 is 0 Å². The van der Waals surface area contributed by atoms with Gasteiger partial charge in [0.2, 0.25) is 0 Å². The maximum Gasteiger partial charge on any atom is 0.145 e. The van der Waals surface area contributed by atoms with Crippen LogP contribution in [0.3, 0.4) is 0 Å². The summed E-state index contributed by atoms with van der Waals surface area (Å²) in [6, 6.07) is 20.6. The fourth-order valence-corrected chi connectivity index (χ4v) is 3.31. The predicted molar refractivity (Wildman–Crippen MR) is 119 cm³/mol. The first-order valence-corrected chi connectivity index (χ1v) is 10.2. The van der Waals surface area contributed by atoms with E-state index in [1.165, 1.54) is 12.8 Å². The van der Waals surface area contributed by atoms with Crippen molar-refractivity contribution in [2.75, 3.05) is 0 Å². The Morgan fingerprint density at radius 3 is 2.55 bits per heavy atom. The number of aromatic amines is 3. The molecule has 29 heavy (non-hydrogen) atoms. The zero-order valence-electron chi connectivity index (χ0n) is 16.7. The van der Waals surface area contributed by atoms with Crippen LogP contribution in [0.5, 0.6) is 5.75 Å². The van der Waals surface area contributed by atoms with Gasteiger partial charge in [0.25, 0.3) is 0 Å². The molecule has 1 aromatic carbocycles. The van der Waals surface area contributed by atoms with Crippen LogP contribution in [0.2, 0.25) is 0 Å². The number of aromatic nitrogens is 3. The third-order valence-electron chi connectivity index (χ3n) is 4.89. The minimum Gasteiger partial charge on any atom is -0.487 e. The molecule has 3 aromatic heterocycles. The van der Waals surface area contributed by atoms with E-state index in [9.17, 15) is 0 Å². The van der Waals surface area contributed by atoms with Gasteiger partial charge in [0, 0.05) is 23.0 Å². The maximum absolute atomic E-state index is 6.16. The molecule has 0 radical (unpaired) electrons. The van der Waals surface area contributed by atoms with Crippen molar-refractivity contribution in [2.45, 2.75) is 32.8 Å². The Kier molecular flexibility index (Phi) is 6.01. The Labute approximate surface area is 171 Å². The van der Waals surface area contributed by atoms with Crippen molar-refractivity contribution in [3.8, 4) is 17.1 Å². The summed E-state index contributed by atoms with van der Waals surface area (Å²) in [6.07, 6.45) is 9.80. The largest absolute Gasteiger partial charge is 0.487 e. The molecule has 0 aliphatic carbocycles. The fraction of sp³-hybridized carbons (Fsp3) is 0.200. The standard InChI is InChI=1S/C25H27N3O/c1-2-3-5-11-20-13-14-21(27-20)16-24-25(29-18-19-9-6-4-7-10-19)17-23(28-24)22-12-8-15-26-22/h4,6-17,26-28H,2-3,5,18H2,1H3. The van der Waals surface area contributed by atoms with E-state index in [0.29, 0.717) is 6.61 Å². The number of unbranched alkanes of at least 4 members (excludes halogenated alkanes) is 2. The molecule has 0 aliphatic rings. The van der Waals surface area contributed by atoms with Crippen molar-refractivity contribution in [3.05, 3.63) is 88.8 Å². The van der Waals surface area contributed by atoms with Crippen LogP contribution < -0.4 is 15.4 Å². The molecule has 4 aromatic rings. The van der Waals surface area contributed by atoms with Gasteiger partial charge in [-0.1, -0.05) is 49.8 Å². The highest BCUT2D eigenvalue weighted by molar-refractivity contribution is 5.65. The van der Waals surface area contributed by atoms with Gasteiger partial charge in [-0.15, -0.1) is 0 Å². The van der Waals surface area contributed by atoms with E-state index in [-0.39, 0.29) is 0 Å². The number of hydrogen-bond donors (Lipinski definition) is 3. The third-order valence-corrected chi connectivity index (χ3v) is 4.89. The Morgan fingerprint density at radius 1 is 0.897 bits per heavy atom. The van der Waals surface area contributed by atoms with Gasteiger partial charge >= 0.3 is 0 Å². The first-order valence-electron chi connectivity index (χ1n) is 10.2. The van der Waals surface area contributed by atoms with Gasteiger partial charge in [-0.2, -0.15) is 0 Å². The van der Waals surface area contributed by atoms with Crippen molar-refractivity contribution in [1.29, 1.82) is 0 Å². The molecule has 0 fully saturated rings. The van der Waals surface area contributed by atoms with E-state index in [2.05, 4.69) is 64.4 Å². The highest BCUT2D eigenvalue weighted by Crippen LogP contribution is 2.27. The molecular formula is C25H27N3O. The lowest BCUT2D eigenvalue weighted by Gasteiger charge is -2.05. The summed E-state index contributed by atoms with van der Waals surface area (Å²) >= 11 is 0. The molecule has 0 spiro atoms. The molecule has 0 unspecified atom stereocenters. The van der Waals surface area contributed by atoms with Crippen molar-refractivity contribution in [1.82, 2.24) is 15.0 Å². The third kappa shape index (κ3) is 4.91. The van der Waals surface area contributed by atoms with E-state index in [4.69, 9.17) is 4.74 Å². The first kappa shape index (κ1) is 18.9. The molecule has 4 heteroatoms. The second kappa shape index (κ2) is 9.20. The molecule has 0 amide bonds. The second-order valence-electron chi connectivity index (χ2n) is 7.18. The van der Waals surface area contributed by atoms with Gasteiger partial charge in [-0.05, 0) is 48.7 Å². The van der Waals surface area contributed by atoms with Gasteiger partial charge in [0.15, 0.2) is 0 Å². The number of nitrogens with one attached hydrogen (secondary N) is 3. The topological polar surface area (TPSA) is 56.6 Å². The zero-order chi connectivity index (χ0) is 19.9. The Balaban J connectivity index is 1.63. The lowest BCUT2D eigenvalue weighted by molar-refractivity contribution is 0.306. The Hall–Kier alpha value is -3.40. The first-order chi connectivity index (χ1) is 14.3. The summed E-state index contributed by atoms with van der Waals surface area (Å²) in [5.74, 6) is 0.838. The van der Waals surface area contributed by atoms with Crippen LogP contribution in [-0.2, 0) is 6.61 Å². The molecule has 4 nitrogen and oxygen atoms in total. The number of rotatable bonds is 8. The van der Waals surface area contributed by atoms with Gasteiger partial charge in [0.1, 0.15) is 12.4 Å². The highest BCUT2D eigenvalue weighted by Gasteiger charge is 2.10. The lowest BCUT2D eigenvalue weighted by atomic mass is 10.2. The number of benzene rings is 1. The minimum atomic E-state index is 0.532. The number of hydrogen-bond acceptors (Lipinski definition) is 1. The molecular weight excluding hydrogens is 358 g/mol. The Bertz CT molecular complexity index is 1130. The number of H-pyrrole nitrogens is 3. The second-order valence-corrected chi connectivity index (χ2v) is 7.18. The van der Waals surface area contributed by atoms with Crippen molar-refractivity contribution in [2.24, 2.45) is 0 Å². The molecule has 3 N–H and O–H groups in total. The van der Waals surface area contributed by atoms with Gasteiger partial charge in [0.05, 0.1) is 17.1 Å². The van der Waals surface area contributed by atoms with Gasteiger partial charge in [-0.3, -0.25) is 0 Å². The van der Waals surface area contributed by atoms with E-state index in [1.807, 2.05) is 36.5 Å². The van der Waals surface area contributed by atoms with Crippen LogP contribution in [0.1, 0.15) is 37.4 Å². The van der Waals surface area contributed by atoms with Crippen LogP contribution in [0.25, 0.3) is 23.5 Å². The quantitative estimate of drug-likeness (QED) is 0.378. The molecule has 0 saturated carbocycles. The van der Waals surface area contributed by atoms with E-state index in [0.717, 1.165) is 45.5 Å². The van der Waals surface area contributed by atoms with E-state index in [1.54, 1.807) is 0 Å². The zero-order valence-corrected chi connectivity index (χ0v) is 16.7. The smallest absolute Gasteiger partial charge is 0.145 e. The summed E-state index contributed by atoms with van der Waals surface area (Å²) in [7, 11) is 0. The molecule has 3 heterocycles. The summed E-state index contributed by atoms with van der Waals surface area (Å²) < 4.78 is 6.16. The predicted octanol–water partition coefficient (Wildman–Crippen LogP) is 4.72. The molecule has 0 bridgehead atoms. The highest BCUT2D eigenvalue weighted by atomic mass is 16.5. The van der Waals surface area contributed by atoms with Crippen LogP contribution in [-0.4, -0.2) is 15.0 Å². The fourth-order valence-electron chi connectivity index (χ4n) is 3.31. The summed E-state index contributed by atoms with van der Waals surface area (Å²) in [5, 5.41) is 2.21. The average Bonchev–Trinajstić information content (AvgIpc) is 3.49. The molecule has 0 saturated heterocycles. The van der Waals surface area contributed by atoms with Gasteiger partial charge in [-0.25, -0.2) is 0 Å². The normalized spacial score (nSPS) is 12.6. The van der Waals surface area contributed by atoms with Crippen LogP contribution in [0.4, 0.5) is 0 Å². The summed E-state index contributed by atoms with van der Waals surface area (Å²) in [5.41, 5.74) is 4.14.